The topological polar surface area (TPSA) is 118 Å². The number of ether oxygens (including phenoxy) is 1. The summed E-state index contributed by atoms with van der Waals surface area (Å²) in [5.74, 6) is 7.61. The average Bonchev–Trinajstić information content (AvgIpc) is 3.33. The minimum atomic E-state index is -0.640. The number of anilines is 1. The van der Waals surface area contributed by atoms with Gasteiger partial charge in [-0.3, -0.25) is 0 Å². The fraction of sp³-hybridized carbons (Fsp3) is 0.250. The molecule has 0 saturated carbocycles. The predicted molar refractivity (Wildman–Crippen MR) is 107 cm³/mol. The lowest BCUT2D eigenvalue weighted by molar-refractivity contribution is 0.252. The number of nitrogen functional groups attached to an aromatic ring is 1. The highest BCUT2D eigenvalue weighted by atomic mass is 19.1. The summed E-state index contributed by atoms with van der Waals surface area (Å²) in [7, 11) is 0. The van der Waals surface area contributed by atoms with E-state index < -0.39 is 6.67 Å². The molecule has 152 valence electrons. The van der Waals surface area contributed by atoms with E-state index in [0.29, 0.717) is 28.6 Å². The van der Waals surface area contributed by atoms with Gasteiger partial charge in [0.1, 0.15) is 19.1 Å². The number of hydrogen-bond acceptors (Lipinski definition) is 8. The molecule has 0 aliphatic carbocycles. The molecular formula is C20H18FN7O2. The summed E-state index contributed by atoms with van der Waals surface area (Å²) in [5.41, 5.74) is 7.81. The smallest absolute Gasteiger partial charge is 0.303 e. The number of alkyl halides is 1. The quantitative estimate of drug-likeness (QED) is 0.502. The first-order valence-electron chi connectivity index (χ1n) is 9.17. The summed E-state index contributed by atoms with van der Waals surface area (Å²) in [6.07, 6.45) is 1.53. The van der Waals surface area contributed by atoms with Crippen LogP contribution in [0, 0.1) is 18.8 Å². The van der Waals surface area contributed by atoms with Gasteiger partial charge in [-0.05, 0) is 25.1 Å². The summed E-state index contributed by atoms with van der Waals surface area (Å²) >= 11 is 0. The van der Waals surface area contributed by atoms with Gasteiger partial charge in [0, 0.05) is 24.8 Å². The summed E-state index contributed by atoms with van der Waals surface area (Å²) in [6, 6.07) is 7.38. The lowest BCUT2D eigenvalue weighted by atomic mass is 10.1. The van der Waals surface area contributed by atoms with Crippen molar-refractivity contribution in [2.75, 3.05) is 19.0 Å². The van der Waals surface area contributed by atoms with Crippen LogP contribution in [0.3, 0.4) is 0 Å². The van der Waals surface area contributed by atoms with Gasteiger partial charge in [0.25, 0.3) is 0 Å². The molecule has 9 nitrogen and oxygen atoms in total. The van der Waals surface area contributed by atoms with Crippen molar-refractivity contribution in [3.05, 3.63) is 47.7 Å². The predicted octanol–water partition coefficient (Wildman–Crippen LogP) is 2.59. The Labute approximate surface area is 171 Å². The Hall–Kier alpha value is -4.00. The van der Waals surface area contributed by atoms with Gasteiger partial charge in [-0.1, -0.05) is 17.0 Å². The van der Waals surface area contributed by atoms with Crippen LogP contribution in [0.15, 0.2) is 35.0 Å². The van der Waals surface area contributed by atoms with E-state index in [-0.39, 0.29) is 24.5 Å². The van der Waals surface area contributed by atoms with E-state index in [4.69, 9.17) is 15.0 Å². The molecule has 3 heterocycles. The molecule has 0 unspecified atom stereocenters. The van der Waals surface area contributed by atoms with Gasteiger partial charge in [0.2, 0.25) is 11.8 Å². The number of benzene rings is 1. The molecule has 0 amide bonds. The number of aryl methyl sites for hydroxylation is 1. The molecule has 0 radical (unpaired) electrons. The van der Waals surface area contributed by atoms with Crippen molar-refractivity contribution < 1.29 is 13.7 Å². The van der Waals surface area contributed by atoms with E-state index >= 15 is 0 Å². The summed E-state index contributed by atoms with van der Waals surface area (Å²) in [6.45, 7) is 2.86. The molecule has 2 N–H and O–H groups in total. The van der Waals surface area contributed by atoms with Crippen molar-refractivity contribution in [3.63, 3.8) is 0 Å². The summed E-state index contributed by atoms with van der Waals surface area (Å²) in [4.78, 5) is 16.8. The van der Waals surface area contributed by atoms with E-state index in [1.54, 1.807) is 17.6 Å². The first kappa shape index (κ1) is 19.3. The second-order valence-electron chi connectivity index (χ2n) is 6.41. The Balaban J connectivity index is 1.76. The van der Waals surface area contributed by atoms with E-state index in [1.807, 2.05) is 25.1 Å². The number of nitrogens with zero attached hydrogens (tertiary/aromatic N) is 6. The van der Waals surface area contributed by atoms with Gasteiger partial charge in [0.15, 0.2) is 5.82 Å². The van der Waals surface area contributed by atoms with E-state index in [9.17, 15) is 4.39 Å². The third-order valence-corrected chi connectivity index (χ3v) is 4.18. The fourth-order valence-electron chi connectivity index (χ4n) is 2.81. The normalized spacial score (nSPS) is 11.8. The summed E-state index contributed by atoms with van der Waals surface area (Å²) in [5, 5.41) is 3.90. The largest absolute Gasteiger partial charge is 0.462 e. The molecule has 0 aliphatic rings. The van der Waals surface area contributed by atoms with Gasteiger partial charge < -0.3 is 15.0 Å². The van der Waals surface area contributed by atoms with E-state index in [1.165, 1.54) is 6.20 Å². The van der Waals surface area contributed by atoms with Crippen LogP contribution in [0.4, 0.5) is 10.3 Å². The van der Waals surface area contributed by atoms with Gasteiger partial charge in [0.05, 0.1) is 17.0 Å². The maximum absolute atomic E-state index is 12.7. The van der Waals surface area contributed by atoms with Crippen LogP contribution in [0.25, 0.3) is 16.9 Å². The monoisotopic (exact) mass is 407 g/mol. The molecule has 4 rings (SSSR count). The average molecular weight is 407 g/mol. The molecule has 1 aromatic carbocycles. The maximum atomic E-state index is 12.7. The number of rotatable bonds is 5. The third-order valence-electron chi connectivity index (χ3n) is 4.18. The molecule has 30 heavy (non-hydrogen) atoms. The Morgan fingerprint density at radius 2 is 2.13 bits per heavy atom. The van der Waals surface area contributed by atoms with Gasteiger partial charge in [-0.25, -0.2) is 13.9 Å². The van der Waals surface area contributed by atoms with Crippen molar-refractivity contribution >= 4 is 17.0 Å². The second-order valence-corrected chi connectivity index (χ2v) is 6.41. The van der Waals surface area contributed by atoms with Gasteiger partial charge in [-0.2, -0.15) is 15.0 Å². The zero-order chi connectivity index (χ0) is 21.1. The fourth-order valence-corrected chi connectivity index (χ4v) is 2.81. The lowest BCUT2D eigenvalue weighted by Crippen LogP contribution is -2.07. The van der Waals surface area contributed by atoms with Crippen molar-refractivity contribution in [1.82, 2.24) is 29.7 Å². The van der Waals surface area contributed by atoms with Crippen LogP contribution in [0.2, 0.25) is 0 Å². The molecule has 0 aliphatic heterocycles. The molecular weight excluding hydrogens is 389 g/mol. The number of fused-ring (bicyclic) bond motifs is 1. The van der Waals surface area contributed by atoms with Crippen molar-refractivity contribution in [2.24, 2.45) is 0 Å². The SMILES string of the molecule is Cc1nc([C@@H](C)C#Cc2ccc3nc(OCCF)n(-c4ccnc(N)n4)c3c2)no1. The highest BCUT2D eigenvalue weighted by molar-refractivity contribution is 5.80. The first-order valence-corrected chi connectivity index (χ1v) is 9.17. The highest BCUT2D eigenvalue weighted by Gasteiger charge is 2.16. The molecule has 0 fully saturated rings. The molecule has 1 atom stereocenters. The minimum absolute atomic E-state index is 0.103. The Morgan fingerprint density at radius 1 is 1.27 bits per heavy atom. The molecule has 10 heteroatoms. The van der Waals surface area contributed by atoms with Crippen molar-refractivity contribution in [2.45, 2.75) is 19.8 Å². The minimum Gasteiger partial charge on any atom is -0.462 e. The Kier molecular flexibility index (Phi) is 5.26. The Morgan fingerprint density at radius 3 is 2.87 bits per heavy atom. The van der Waals surface area contributed by atoms with E-state index in [0.717, 1.165) is 5.56 Å². The van der Waals surface area contributed by atoms with E-state index in [2.05, 4.69) is 36.9 Å². The van der Waals surface area contributed by atoms with Crippen LogP contribution < -0.4 is 10.5 Å². The zero-order valence-corrected chi connectivity index (χ0v) is 16.3. The lowest BCUT2D eigenvalue weighted by Gasteiger charge is -2.08. The molecule has 4 aromatic rings. The first-order chi connectivity index (χ1) is 14.5. The highest BCUT2D eigenvalue weighted by Crippen LogP contribution is 2.26. The number of imidazole rings is 1. The number of hydrogen-bond donors (Lipinski definition) is 1. The maximum Gasteiger partial charge on any atom is 0.303 e. The van der Waals surface area contributed by atoms with Gasteiger partial charge in [-0.15, -0.1) is 0 Å². The molecule has 3 aromatic heterocycles. The molecule has 0 saturated heterocycles. The van der Waals surface area contributed by atoms with Crippen LogP contribution in [0.5, 0.6) is 6.01 Å². The third kappa shape index (κ3) is 3.91. The standard InChI is InChI=1S/C20H18FN7O2/c1-12(18-24-13(2)30-27-18)3-4-14-5-6-15-16(11-14)28(20(25-15)29-10-8-21)17-7-9-23-19(22)26-17/h5-7,9,11-12H,8,10H2,1-2H3,(H2,22,23,26)/t12-/m0/s1. The number of halogens is 1. The van der Waals surface area contributed by atoms with Crippen LogP contribution in [-0.2, 0) is 0 Å². The van der Waals surface area contributed by atoms with Gasteiger partial charge >= 0.3 is 6.01 Å². The van der Waals surface area contributed by atoms with Crippen molar-refractivity contribution in [3.8, 4) is 23.7 Å². The van der Waals surface area contributed by atoms with Crippen LogP contribution >= 0.6 is 0 Å². The Bertz CT molecular complexity index is 1260. The van der Waals surface area contributed by atoms with Crippen LogP contribution in [-0.4, -0.2) is 42.9 Å². The number of aromatic nitrogens is 6. The molecule has 0 bridgehead atoms. The second kappa shape index (κ2) is 8.16. The number of nitrogens with two attached hydrogens (primary N) is 1. The van der Waals surface area contributed by atoms with Crippen molar-refractivity contribution in [1.29, 1.82) is 0 Å². The molecule has 0 spiro atoms. The summed E-state index contributed by atoms with van der Waals surface area (Å²) < 4.78 is 24.8. The van der Waals surface area contributed by atoms with Crippen LogP contribution in [0.1, 0.15) is 30.1 Å². The zero-order valence-electron chi connectivity index (χ0n) is 16.3.